The third-order valence-electron chi connectivity index (χ3n) is 7.29. The number of thioether (sulfide) groups is 1. The van der Waals surface area contributed by atoms with Gasteiger partial charge >= 0.3 is 0 Å². The van der Waals surface area contributed by atoms with Gasteiger partial charge in [0.05, 0.1) is 24.2 Å². The summed E-state index contributed by atoms with van der Waals surface area (Å²) in [6.07, 6.45) is 16.7. The molecule has 4 aliphatic rings. The molecule has 2 fully saturated rings. The van der Waals surface area contributed by atoms with Crippen LogP contribution in [-0.4, -0.2) is 79.3 Å². The van der Waals surface area contributed by atoms with E-state index >= 15 is 0 Å². The fraction of sp³-hybridized carbons (Fsp3) is 0.586. The average molecular weight is 540 g/mol. The molecule has 2 heterocycles. The molecule has 0 aromatic rings. The summed E-state index contributed by atoms with van der Waals surface area (Å²) < 4.78 is 11.1. The van der Waals surface area contributed by atoms with Crippen LogP contribution in [0.1, 0.15) is 52.4 Å². The number of unbranched alkanes of at least 4 members (excludes halogenated alkanes) is 3. The molecule has 2 aliphatic heterocycles. The first-order chi connectivity index (χ1) is 18.6. The number of hydrogen-bond donors (Lipinski definition) is 1. The molecule has 0 radical (unpaired) electrons. The van der Waals surface area contributed by atoms with Crippen molar-refractivity contribution in [1.29, 1.82) is 0 Å². The van der Waals surface area contributed by atoms with Crippen molar-refractivity contribution in [3.8, 4) is 0 Å². The van der Waals surface area contributed by atoms with E-state index < -0.39 is 0 Å². The number of carbonyl (C=O) groups excluding carboxylic acids is 1. The monoisotopic (exact) mass is 539 g/mol. The third-order valence-corrected chi connectivity index (χ3v) is 8.25. The lowest BCUT2D eigenvalue weighted by Crippen LogP contribution is -2.53. The number of hydrogen-bond acceptors (Lipinski definition) is 7. The van der Waals surface area contributed by atoms with Gasteiger partial charge in [-0.15, -0.1) is 0 Å². The van der Waals surface area contributed by atoms with Crippen LogP contribution in [-0.2, 0) is 14.3 Å². The zero-order valence-corrected chi connectivity index (χ0v) is 23.5. The Hall–Kier alpha value is -2.33. The molecule has 9 heteroatoms. The van der Waals surface area contributed by atoms with E-state index in [2.05, 4.69) is 51.0 Å². The number of amidine groups is 2. The molecule has 2 aliphatic carbocycles. The number of morpholine rings is 1. The number of nitrogens with one attached hydrogen (secondary N) is 1. The van der Waals surface area contributed by atoms with Crippen LogP contribution in [0.4, 0.5) is 0 Å². The van der Waals surface area contributed by atoms with Crippen molar-refractivity contribution in [3.63, 3.8) is 0 Å². The van der Waals surface area contributed by atoms with E-state index in [1.165, 1.54) is 19.3 Å². The van der Waals surface area contributed by atoms with Crippen molar-refractivity contribution in [3.05, 3.63) is 47.3 Å². The molecule has 206 valence electrons. The quantitative estimate of drug-likeness (QED) is 0.234. The molecule has 1 N–H and O–H groups in total. The number of fused-ring (bicyclic) bond motifs is 1. The second-order valence-electron chi connectivity index (χ2n) is 10.1. The Labute approximate surface area is 231 Å². The Morgan fingerprint density at radius 1 is 1.26 bits per heavy atom. The number of nitrogens with zero attached hydrogens (tertiary/aromatic N) is 4. The predicted molar refractivity (Wildman–Crippen MR) is 157 cm³/mol. The van der Waals surface area contributed by atoms with E-state index in [0.717, 1.165) is 62.4 Å². The molecular weight excluding hydrogens is 498 g/mol. The molecule has 1 amide bonds. The second kappa shape index (κ2) is 14.7. The summed E-state index contributed by atoms with van der Waals surface area (Å²) in [6, 6.07) is 0.501. The zero-order valence-electron chi connectivity index (χ0n) is 22.7. The van der Waals surface area contributed by atoms with Gasteiger partial charge in [0.1, 0.15) is 6.61 Å². The van der Waals surface area contributed by atoms with Crippen LogP contribution in [0.15, 0.2) is 62.3 Å². The zero-order chi connectivity index (χ0) is 26.7. The first-order valence-corrected chi connectivity index (χ1v) is 14.7. The molecule has 0 spiro atoms. The number of ether oxygens (including phenoxy) is 2. The Kier molecular flexibility index (Phi) is 11.1. The molecule has 8 nitrogen and oxygen atoms in total. The maximum absolute atomic E-state index is 12.9. The SMILES string of the molecule is C=NC(COCCCCCC)=N/C=C(\C)C1=CC2C=C(C=C1)N=C(NC(=O)C1CC(N3CCOCC3)C1)S2. The highest BCUT2D eigenvalue weighted by molar-refractivity contribution is 8.14. The highest BCUT2D eigenvalue weighted by Crippen LogP contribution is 2.34. The van der Waals surface area contributed by atoms with Gasteiger partial charge in [0.15, 0.2) is 11.0 Å². The topological polar surface area (TPSA) is 87.9 Å². The van der Waals surface area contributed by atoms with Crippen molar-refractivity contribution < 1.29 is 14.3 Å². The Morgan fingerprint density at radius 3 is 2.84 bits per heavy atom. The van der Waals surface area contributed by atoms with Gasteiger partial charge in [-0.3, -0.25) is 9.69 Å². The maximum Gasteiger partial charge on any atom is 0.229 e. The smallest absolute Gasteiger partial charge is 0.229 e. The molecule has 0 aromatic heterocycles. The van der Waals surface area contributed by atoms with Gasteiger partial charge in [-0.2, -0.15) is 0 Å². The molecule has 38 heavy (non-hydrogen) atoms. The average Bonchev–Trinajstić information content (AvgIpc) is 3.04. The van der Waals surface area contributed by atoms with E-state index in [0.29, 0.717) is 30.3 Å². The van der Waals surface area contributed by atoms with Gasteiger partial charge in [0, 0.05) is 37.9 Å². The van der Waals surface area contributed by atoms with E-state index in [-0.39, 0.29) is 17.1 Å². The number of allylic oxidation sites excluding steroid dienone is 4. The molecule has 0 aromatic carbocycles. The fourth-order valence-corrected chi connectivity index (χ4v) is 5.83. The summed E-state index contributed by atoms with van der Waals surface area (Å²) in [5.74, 6) is 0.713. The summed E-state index contributed by atoms with van der Waals surface area (Å²) >= 11 is 1.56. The molecule has 1 saturated carbocycles. The van der Waals surface area contributed by atoms with Gasteiger partial charge in [-0.1, -0.05) is 50.1 Å². The Bertz CT molecular complexity index is 1030. The first kappa shape index (κ1) is 28.7. The molecule has 4 rings (SSSR count). The van der Waals surface area contributed by atoms with Crippen molar-refractivity contribution >= 4 is 35.4 Å². The summed E-state index contributed by atoms with van der Waals surface area (Å²) in [5.41, 5.74) is 2.94. The fourth-order valence-electron chi connectivity index (χ4n) is 4.83. The number of aliphatic imine (C=N–C) groups is 3. The van der Waals surface area contributed by atoms with Crippen LogP contribution < -0.4 is 5.32 Å². The predicted octanol–water partition coefficient (Wildman–Crippen LogP) is 4.66. The van der Waals surface area contributed by atoms with Crippen LogP contribution in [0, 0.1) is 5.92 Å². The molecule has 1 atom stereocenters. The van der Waals surface area contributed by atoms with Crippen molar-refractivity contribution in [2.24, 2.45) is 20.9 Å². The van der Waals surface area contributed by atoms with Crippen LogP contribution in [0.2, 0.25) is 0 Å². The highest BCUT2D eigenvalue weighted by Gasteiger charge is 2.38. The molecular formula is C29H41N5O3S. The van der Waals surface area contributed by atoms with Gasteiger partial charge in [-0.25, -0.2) is 15.0 Å². The maximum atomic E-state index is 12.9. The minimum Gasteiger partial charge on any atom is -0.379 e. The van der Waals surface area contributed by atoms with E-state index in [4.69, 9.17) is 9.47 Å². The lowest BCUT2D eigenvalue weighted by atomic mass is 9.78. The van der Waals surface area contributed by atoms with Gasteiger partial charge < -0.3 is 14.8 Å². The van der Waals surface area contributed by atoms with E-state index in [1.807, 2.05) is 25.3 Å². The van der Waals surface area contributed by atoms with Crippen molar-refractivity contribution in [2.75, 3.05) is 39.5 Å². The number of rotatable bonds is 11. The summed E-state index contributed by atoms with van der Waals surface area (Å²) in [4.78, 5) is 28.5. The number of amides is 1. The summed E-state index contributed by atoms with van der Waals surface area (Å²) in [7, 11) is 0. The first-order valence-electron chi connectivity index (χ1n) is 13.8. The Balaban J connectivity index is 1.26. The van der Waals surface area contributed by atoms with Crippen LogP contribution in [0.3, 0.4) is 0 Å². The van der Waals surface area contributed by atoms with Gasteiger partial charge in [0.2, 0.25) is 5.91 Å². The third kappa shape index (κ3) is 8.33. The van der Waals surface area contributed by atoms with Crippen molar-refractivity contribution in [2.45, 2.75) is 63.7 Å². The molecule has 1 unspecified atom stereocenters. The minimum absolute atomic E-state index is 0.0572. The van der Waals surface area contributed by atoms with Crippen LogP contribution in [0.25, 0.3) is 0 Å². The molecule has 1 saturated heterocycles. The second-order valence-corrected chi connectivity index (χ2v) is 11.3. The van der Waals surface area contributed by atoms with Crippen molar-refractivity contribution in [1.82, 2.24) is 10.2 Å². The van der Waals surface area contributed by atoms with E-state index in [9.17, 15) is 4.79 Å². The largest absolute Gasteiger partial charge is 0.379 e. The van der Waals surface area contributed by atoms with E-state index in [1.54, 1.807) is 11.8 Å². The Morgan fingerprint density at radius 2 is 2.08 bits per heavy atom. The van der Waals surface area contributed by atoms with Crippen LogP contribution >= 0.6 is 11.8 Å². The minimum atomic E-state index is 0.0572. The summed E-state index contributed by atoms with van der Waals surface area (Å²) in [5, 5.41) is 3.84. The highest BCUT2D eigenvalue weighted by atomic mass is 32.2. The lowest BCUT2D eigenvalue weighted by Gasteiger charge is -2.43. The lowest BCUT2D eigenvalue weighted by molar-refractivity contribution is -0.129. The summed E-state index contributed by atoms with van der Waals surface area (Å²) in [6.45, 7) is 12.5. The van der Waals surface area contributed by atoms with Crippen LogP contribution in [0.5, 0.6) is 0 Å². The van der Waals surface area contributed by atoms with Gasteiger partial charge in [0.25, 0.3) is 0 Å². The normalized spacial score (nSPS) is 26.1. The number of carbonyl (C=O) groups is 1. The standard InChI is InChI=1S/C29H41N5O3S/c1-4-5-6-7-12-37-20-27(30-3)31-19-21(2)22-8-9-24-18-26(17-22)38-29(32-24)33-28(35)23-15-25(16-23)34-10-13-36-14-11-34/h8-9,17-19,23,25-26H,3-7,10-16,20H2,1-2H3,(H,32,33,35)/b21-19+,31-27?. The molecule has 2 bridgehead atoms. The van der Waals surface area contributed by atoms with Gasteiger partial charge in [-0.05, 0) is 56.2 Å².